The summed E-state index contributed by atoms with van der Waals surface area (Å²) >= 11 is 5.16. The van der Waals surface area contributed by atoms with Crippen LogP contribution in [0.2, 0.25) is 0 Å². The topological polar surface area (TPSA) is 61.4 Å². The lowest BCUT2D eigenvalue weighted by molar-refractivity contribution is -0.131. The number of aliphatic hydroxyl groups is 1. The Bertz CT molecular complexity index is 570. The highest BCUT2D eigenvalue weighted by atomic mass is 32.1. The lowest BCUT2D eigenvalue weighted by Gasteiger charge is -2.29. The zero-order valence-corrected chi connectivity index (χ0v) is 14.3. The van der Waals surface area contributed by atoms with Gasteiger partial charge < -0.3 is 15.7 Å². The van der Waals surface area contributed by atoms with Crippen LogP contribution in [0.4, 0.5) is 4.39 Å². The Balaban J connectivity index is 1.88. The molecular weight excluding hydrogens is 315 g/mol. The molecule has 4 nitrogen and oxygen atoms in total. The highest BCUT2D eigenvalue weighted by Crippen LogP contribution is 2.35. The minimum atomic E-state index is -0.928. The Labute approximate surface area is 141 Å². The highest BCUT2D eigenvalue weighted by molar-refractivity contribution is 7.80. The normalized spacial score (nSPS) is 19.0. The summed E-state index contributed by atoms with van der Waals surface area (Å²) in [6, 6.07) is 5.94. The van der Waals surface area contributed by atoms with E-state index in [1.54, 1.807) is 19.1 Å². The van der Waals surface area contributed by atoms with Crippen LogP contribution in [-0.4, -0.2) is 21.7 Å². The fourth-order valence-corrected chi connectivity index (χ4v) is 3.23. The first-order chi connectivity index (χ1) is 10.8. The predicted octanol–water partition coefficient (Wildman–Crippen LogP) is 2.82. The van der Waals surface area contributed by atoms with Gasteiger partial charge in [0.15, 0.2) is 5.11 Å². The Morgan fingerprint density at radius 2 is 1.83 bits per heavy atom. The van der Waals surface area contributed by atoms with E-state index in [2.05, 4.69) is 10.6 Å². The van der Waals surface area contributed by atoms with Gasteiger partial charge in [-0.3, -0.25) is 4.79 Å². The van der Waals surface area contributed by atoms with Crippen LogP contribution in [0.15, 0.2) is 24.3 Å². The molecule has 0 bridgehead atoms. The van der Waals surface area contributed by atoms with E-state index in [-0.39, 0.29) is 22.9 Å². The van der Waals surface area contributed by atoms with Crippen molar-refractivity contribution in [1.82, 2.24) is 10.6 Å². The second kappa shape index (κ2) is 7.36. The minimum absolute atomic E-state index is 0.159. The van der Waals surface area contributed by atoms with Crippen LogP contribution in [0.5, 0.6) is 0 Å². The number of halogens is 1. The molecule has 2 rings (SSSR count). The summed E-state index contributed by atoms with van der Waals surface area (Å²) < 4.78 is 12.9. The quantitative estimate of drug-likeness (QED) is 0.739. The van der Waals surface area contributed by atoms with Gasteiger partial charge in [-0.1, -0.05) is 31.9 Å². The number of amides is 1. The van der Waals surface area contributed by atoms with Gasteiger partial charge in [-0.15, -0.1) is 0 Å². The van der Waals surface area contributed by atoms with Gasteiger partial charge in [0.1, 0.15) is 5.82 Å². The van der Waals surface area contributed by atoms with E-state index in [0.717, 1.165) is 18.4 Å². The van der Waals surface area contributed by atoms with Crippen LogP contribution in [0.25, 0.3) is 0 Å². The molecule has 1 aliphatic rings. The van der Waals surface area contributed by atoms with Crippen LogP contribution in [0.1, 0.15) is 51.1 Å². The lowest BCUT2D eigenvalue weighted by Crippen LogP contribution is -2.48. The molecule has 0 radical (unpaired) electrons. The van der Waals surface area contributed by atoms with Gasteiger partial charge in [0.2, 0.25) is 5.91 Å². The third kappa shape index (κ3) is 4.48. The number of hydrogen-bond acceptors (Lipinski definition) is 3. The average molecular weight is 338 g/mol. The summed E-state index contributed by atoms with van der Waals surface area (Å²) in [6.07, 6.45) is 3.18. The highest BCUT2D eigenvalue weighted by Gasteiger charge is 2.40. The summed E-state index contributed by atoms with van der Waals surface area (Å²) in [7, 11) is 0. The number of nitrogens with one attached hydrogen (secondary N) is 2. The summed E-state index contributed by atoms with van der Waals surface area (Å²) in [5.41, 5.74) is -0.0621. The van der Waals surface area contributed by atoms with Crippen molar-refractivity contribution < 1.29 is 14.3 Å². The number of carbonyl (C=O) groups excluding carboxylic acids is 1. The van der Waals surface area contributed by atoms with E-state index in [0.29, 0.717) is 12.8 Å². The van der Waals surface area contributed by atoms with Crippen LogP contribution in [-0.2, 0) is 4.79 Å². The molecule has 1 unspecified atom stereocenters. The van der Waals surface area contributed by atoms with Gasteiger partial charge in [-0.25, -0.2) is 4.39 Å². The molecule has 1 aromatic rings. The van der Waals surface area contributed by atoms with E-state index in [4.69, 9.17) is 12.2 Å². The lowest BCUT2D eigenvalue weighted by atomic mass is 9.86. The molecule has 0 aliphatic heterocycles. The molecule has 3 N–H and O–H groups in total. The molecule has 23 heavy (non-hydrogen) atoms. The molecule has 0 aromatic heterocycles. The Hall–Kier alpha value is -1.53. The first-order valence-corrected chi connectivity index (χ1v) is 8.32. The summed E-state index contributed by atoms with van der Waals surface area (Å²) in [5, 5.41) is 16.3. The fourth-order valence-electron chi connectivity index (χ4n) is 2.95. The first kappa shape index (κ1) is 17.8. The van der Waals surface area contributed by atoms with Gasteiger partial charge >= 0.3 is 0 Å². The van der Waals surface area contributed by atoms with Gasteiger partial charge in [0, 0.05) is 0 Å². The van der Waals surface area contributed by atoms with Gasteiger partial charge in [-0.05, 0) is 49.7 Å². The van der Waals surface area contributed by atoms with Crippen LogP contribution in [0, 0.1) is 11.7 Å². The van der Waals surface area contributed by atoms with Crippen molar-refractivity contribution in [3.05, 3.63) is 35.6 Å². The van der Waals surface area contributed by atoms with E-state index in [1.165, 1.54) is 12.1 Å². The van der Waals surface area contributed by atoms with Crippen molar-refractivity contribution >= 4 is 23.2 Å². The van der Waals surface area contributed by atoms with Crippen molar-refractivity contribution in [1.29, 1.82) is 0 Å². The molecule has 1 aromatic carbocycles. The SMILES string of the molecule is CC(C(=O)NC(=S)N[C@@H](C)c1ccc(F)cc1)C1(O)CCCC1. The molecule has 6 heteroatoms. The average Bonchev–Trinajstić information content (AvgIpc) is 2.94. The van der Waals surface area contributed by atoms with Crippen LogP contribution >= 0.6 is 12.2 Å². The van der Waals surface area contributed by atoms with E-state index >= 15 is 0 Å². The van der Waals surface area contributed by atoms with Crippen molar-refractivity contribution in [2.45, 2.75) is 51.2 Å². The largest absolute Gasteiger partial charge is 0.389 e. The zero-order chi connectivity index (χ0) is 17.0. The molecule has 1 aliphatic carbocycles. The summed E-state index contributed by atoms with van der Waals surface area (Å²) in [5.74, 6) is -1.08. The standard InChI is InChI=1S/C17H23FN2O2S/c1-11(17(22)9-3-4-10-17)15(21)20-16(23)19-12(2)13-5-7-14(18)8-6-13/h5-8,11-12,22H,3-4,9-10H2,1-2H3,(H2,19,20,21,23)/t11?,12-/m0/s1. The second-order valence-electron chi connectivity index (χ2n) is 6.27. The molecular formula is C17H23FN2O2S. The number of hydrogen-bond donors (Lipinski definition) is 3. The molecule has 0 heterocycles. The van der Waals surface area contributed by atoms with Crippen molar-refractivity contribution in [3.8, 4) is 0 Å². The van der Waals surface area contributed by atoms with Crippen molar-refractivity contribution in [2.75, 3.05) is 0 Å². The van der Waals surface area contributed by atoms with Crippen LogP contribution < -0.4 is 10.6 Å². The van der Waals surface area contributed by atoms with Crippen molar-refractivity contribution in [2.24, 2.45) is 5.92 Å². The second-order valence-corrected chi connectivity index (χ2v) is 6.68. The minimum Gasteiger partial charge on any atom is -0.389 e. The maximum Gasteiger partial charge on any atom is 0.231 e. The van der Waals surface area contributed by atoms with Crippen LogP contribution in [0.3, 0.4) is 0 Å². The summed E-state index contributed by atoms with van der Waals surface area (Å²) in [4.78, 5) is 12.3. The number of rotatable bonds is 4. The molecule has 1 saturated carbocycles. The molecule has 0 saturated heterocycles. The third-order valence-corrected chi connectivity index (χ3v) is 4.84. The Kier molecular flexibility index (Phi) is 5.70. The number of thiocarbonyl (C=S) groups is 1. The molecule has 126 valence electrons. The number of carbonyl (C=O) groups is 1. The van der Waals surface area contributed by atoms with Gasteiger partial charge in [0.05, 0.1) is 17.6 Å². The molecule has 1 fully saturated rings. The van der Waals surface area contributed by atoms with Crippen molar-refractivity contribution in [3.63, 3.8) is 0 Å². The zero-order valence-electron chi connectivity index (χ0n) is 13.4. The van der Waals surface area contributed by atoms with E-state index in [1.807, 2.05) is 6.92 Å². The Morgan fingerprint density at radius 3 is 2.39 bits per heavy atom. The fraction of sp³-hybridized carbons (Fsp3) is 0.529. The van der Waals surface area contributed by atoms with Gasteiger partial charge in [0.25, 0.3) is 0 Å². The monoisotopic (exact) mass is 338 g/mol. The summed E-state index contributed by atoms with van der Waals surface area (Å²) in [6.45, 7) is 3.60. The maximum atomic E-state index is 12.9. The van der Waals surface area contributed by atoms with E-state index < -0.39 is 11.5 Å². The molecule has 0 spiro atoms. The predicted molar refractivity (Wildman–Crippen MR) is 91.3 cm³/mol. The van der Waals surface area contributed by atoms with E-state index in [9.17, 15) is 14.3 Å². The molecule has 1 amide bonds. The third-order valence-electron chi connectivity index (χ3n) is 4.62. The first-order valence-electron chi connectivity index (χ1n) is 7.91. The van der Waals surface area contributed by atoms with Gasteiger partial charge in [-0.2, -0.15) is 0 Å². The maximum absolute atomic E-state index is 12.9. The number of benzene rings is 1. The molecule has 2 atom stereocenters. The smallest absolute Gasteiger partial charge is 0.231 e. The Morgan fingerprint density at radius 1 is 1.26 bits per heavy atom.